The largest absolute Gasteiger partial charge is 0.380 e. The van der Waals surface area contributed by atoms with E-state index in [1.165, 1.54) is 0 Å². The molecule has 2 aliphatic rings. The summed E-state index contributed by atoms with van der Waals surface area (Å²) in [5.74, 6) is 0. The summed E-state index contributed by atoms with van der Waals surface area (Å²) >= 11 is 0. The van der Waals surface area contributed by atoms with Crippen molar-refractivity contribution in [3.8, 4) is 0 Å². The first-order chi connectivity index (χ1) is 8.36. The Hall–Kier alpha value is -0.160. The van der Waals surface area contributed by atoms with Crippen molar-refractivity contribution in [3.63, 3.8) is 0 Å². The van der Waals surface area contributed by atoms with Crippen LogP contribution in [0.3, 0.4) is 0 Å². The van der Waals surface area contributed by atoms with Crippen molar-refractivity contribution < 1.29 is 9.47 Å². The van der Waals surface area contributed by atoms with Gasteiger partial charge in [0.25, 0.3) is 0 Å². The SMILES string of the molecule is CCNC1CCOCC1N1CCOCC1CC. The van der Waals surface area contributed by atoms with Crippen LogP contribution in [0.4, 0.5) is 0 Å². The summed E-state index contributed by atoms with van der Waals surface area (Å²) in [5, 5.41) is 3.61. The number of morpholine rings is 1. The average Bonchev–Trinajstić information content (AvgIpc) is 2.40. The third-order valence-electron chi connectivity index (χ3n) is 3.96. The van der Waals surface area contributed by atoms with E-state index in [0.717, 1.165) is 52.4 Å². The van der Waals surface area contributed by atoms with E-state index in [0.29, 0.717) is 18.1 Å². The first kappa shape index (κ1) is 13.3. The van der Waals surface area contributed by atoms with Gasteiger partial charge in [-0.15, -0.1) is 0 Å². The van der Waals surface area contributed by atoms with Crippen molar-refractivity contribution in [1.29, 1.82) is 0 Å². The number of likely N-dealkylation sites (N-methyl/N-ethyl adjacent to an activating group) is 1. The summed E-state index contributed by atoms with van der Waals surface area (Å²) in [6.07, 6.45) is 2.29. The summed E-state index contributed by atoms with van der Waals surface area (Å²) in [4.78, 5) is 2.61. The van der Waals surface area contributed by atoms with Crippen LogP contribution in [-0.4, -0.2) is 62.5 Å². The zero-order chi connectivity index (χ0) is 12.1. The normalized spacial score (nSPS) is 36.0. The molecule has 2 heterocycles. The van der Waals surface area contributed by atoms with Gasteiger partial charge in [-0.3, -0.25) is 4.90 Å². The van der Waals surface area contributed by atoms with Crippen LogP contribution >= 0.6 is 0 Å². The molecule has 100 valence electrons. The van der Waals surface area contributed by atoms with Gasteiger partial charge in [0.1, 0.15) is 0 Å². The Kier molecular flexibility index (Phi) is 5.22. The summed E-state index contributed by atoms with van der Waals surface area (Å²) in [6, 6.07) is 1.68. The lowest BCUT2D eigenvalue weighted by Gasteiger charge is -2.45. The predicted molar refractivity (Wildman–Crippen MR) is 68.3 cm³/mol. The fourth-order valence-corrected chi connectivity index (χ4v) is 3.01. The van der Waals surface area contributed by atoms with Gasteiger partial charge in [-0.25, -0.2) is 0 Å². The fraction of sp³-hybridized carbons (Fsp3) is 1.00. The molecule has 0 bridgehead atoms. The third-order valence-corrected chi connectivity index (χ3v) is 3.96. The molecule has 0 aromatic rings. The molecule has 0 aromatic carbocycles. The predicted octanol–water partition coefficient (Wildman–Crippen LogP) is 0.864. The molecule has 0 spiro atoms. The quantitative estimate of drug-likeness (QED) is 0.793. The highest BCUT2D eigenvalue weighted by atomic mass is 16.5. The maximum atomic E-state index is 5.68. The van der Waals surface area contributed by atoms with E-state index in [1.54, 1.807) is 0 Å². The van der Waals surface area contributed by atoms with E-state index >= 15 is 0 Å². The minimum Gasteiger partial charge on any atom is -0.380 e. The molecule has 0 radical (unpaired) electrons. The maximum Gasteiger partial charge on any atom is 0.0637 e. The zero-order valence-electron chi connectivity index (χ0n) is 11.2. The molecule has 0 aromatic heterocycles. The van der Waals surface area contributed by atoms with Gasteiger partial charge in [0.2, 0.25) is 0 Å². The lowest BCUT2D eigenvalue weighted by atomic mass is 9.98. The molecule has 3 unspecified atom stereocenters. The molecule has 3 atom stereocenters. The molecule has 17 heavy (non-hydrogen) atoms. The third kappa shape index (κ3) is 3.19. The summed E-state index contributed by atoms with van der Waals surface area (Å²) in [6.45, 7) is 10.0. The van der Waals surface area contributed by atoms with E-state index in [-0.39, 0.29) is 0 Å². The minimum absolute atomic E-state index is 0.526. The van der Waals surface area contributed by atoms with E-state index in [9.17, 15) is 0 Å². The van der Waals surface area contributed by atoms with Gasteiger partial charge in [0.05, 0.1) is 19.8 Å². The standard InChI is InChI=1S/C13H26N2O2/c1-3-11-9-17-8-6-15(11)13-10-16-7-5-12(13)14-4-2/h11-14H,3-10H2,1-2H3. The molecule has 4 heteroatoms. The Morgan fingerprint density at radius 2 is 2.00 bits per heavy atom. The van der Waals surface area contributed by atoms with Gasteiger partial charge in [0.15, 0.2) is 0 Å². The van der Waals surface area contributed by atoms with E-state index < -0.39 is 0 Å². The van der Waals surface area contributed by atoms with Crippen LogP contribution in [0.2, 0.25) is 0 Å². The van der Waals surface area contributed by atoms with Crippen LogP contribution in [0, 0.1) is 0 Å². The van der Waals surface area contributed by atoms with E-state index in [1.807, 2.05) is 0 Å². The molecule has 0 saturated carbocycles. The van der Waals surface area contributed by atoms with Crippen molar-refractivity contribution in [2.45, 2.75) is 44.8 Å². The van der Waals surface area contributed by atoms with Gasteiger partial charge < -0.3 is 14.8 Å². The first-order valence-electron chi connectivity index (χ1n) is 7.01. The second-order valence-corrected chi connectivity index (χ2v) is 4.97. The Morgan fingerprint density at radius 3 is 2.76 bits per heavy atom. The second kappa shape index (κ2) is 6.69. The van der Waals surface area contributed by atoms with Gasteiger partial charge >= 0.3 is 0 Å². The molecule has 0 aliphatic carbocycles. The van der Waals surface area contributed by atoms with Crippen molar-refractivity contribution in [1.82, 2.24) is 10.2 Å². The Morgan fingerprint density at radius 1 is 1.18 bits per heavy atom. The average molecular weight is 242 g/mol. The minimum atomic E-state index is 0.526. The van der Waals surface area contributed by atoms with Gasteiger partial charge in [-0.05, 0) is 19.4 Å². The van der Waals surface area contributed by atoms with Crippen LogP contribution in [0.15, 0.2) is 0 Å². The molecular weight excluding hydrogens is 216 g/mol. The molecule has 4 nitrogen and oxygen atoms in total. The molecule has 2 aliphatic heterocycles. The molecule has 0 amide bonds. The molecule has 2 fully saturated rings. The van der Waals surface area contributed by atoms with Crippen molar-refractivity contribution >= 4 is 0 Å². The summed E-state index contributed by atoms with van der Waals surface area (Å²) < 4.78 is 11.3. The lowest BCUT2D eigenvalue weighted by molar-refractivity contribution is -0.0759. The first-order valence-corrected chi connectivity index (χ1v) is 7.01. The number of hydrogen-bond donors (Lipinski definition) is 1. The molecule has 1 N–H and O–H groups in total. The van der Waals surface area contributed by atoms with Gasteiger partial charge in [0, 0.05) is 31.3 Å². The highest BCUT2D eigenvalue weighted by Crippen LogP contribution is 2.20. The van der Waals surface area contributed by atoms with Crippen molar-refractivity contribution in [2.24, 2.45) is 0 Å². The summed E-state index contributed by atoms with van der Waals surface area (Å²) in [7, 11) is 0. The monoisotopic (exact) mass is 242 g/mol. The van der Waals surface area contributed by atoms with Crippen LogP contribution < -0.4 is 5.32 Å². The van der Waals surface area contributed by atoms with Gasteiger partial charge in [-0.2, -0.15) is 0 Å². The maximum absolute atomic E-state index is 5.68. The number of nitrogens with zero attached hydrogens (tertiary/aromatic N) is 1. The smallest absolute Gasteiger partial charge is 0.0637 e. The fourth-order valence-electron chi connectivity index (χ4n) is 3.01. The van der Waals surface area contributed by atoms with E-state index in [4.69, 9.17) is 9.47 Å². The van der Waals surface area contributed by atoms with Gasteiger partial charge in [-0.1, -0.05) is 13.8 Å². The number of rotatable bonds is 4. The topological polar surface area (TPSA) is 33.7 Å². The highest BCUT2D eigenvalue weighted by Gasteiger charge is 2.35. The van der Waals surface area contributed by atoms with E-state index in [2.05, 4.69) is 24.1 Å². The Balaban J connectivity index is 2.00. The zero-order valence-corrected chi connectivity index (χ0v) is 11.2. The van der Waals surface area contributed by atoms with Crippen molar-refractivity contribution in [2.75, 3.05) is 39.5 Å². The lowest BCUT2D eigenvalue weighted by Crippen LogP contribution is -2.61. The Bertz CT molecular complexity index is 223. The number of ether oxygens (including phenoxy) is 2. The van der Waals surface area contributed by atoms with Crippen LogP contribution in [0.25, 0.3) is 0 Å². The van der Waals surface area contributed by atoms with Crippen LogP contribution in [-0.2, 0) is 9.47 Å². The van der Waals surface area contributed by atoms with Crippen LogP contribution in [0.1, 0.15) is 26.7 Å². The summed E-state index contributed by atoms with van der Waals surface area (Å²) in [5.41, 5.74) is 0. The molecular formula is C13H26N2O2. The van der Waals surface area contributed by atoms with Crippen molar-refractivity contribution in [3.05, 3.63) is 0 Å². The van der Waals surface area contributed by atoms with Crippen LogP contribution in [0.5, 0.6) is 0 Å². The number of hydrogen-bond acceptors (Lipinski definition) is 4. The second-order valence-electron chi connectivity index (χ2n) is 4.97. The molecule has 2 saturated heterocycles. The Labute approximate surface area is 105 Å². The molecule has 2 rings (SSSR count). The highest BCUT2D eigenvalue weighted by molar-refractivity contribution is 4.91. The number of nitrogens with one attached hydrogen (secondary N) is 1.